The molecule has 1 aliphatic rings. The average Bonchev–Trinajstić information content (AvgIpc) is 3.35. The van der Waals surface area contributed by atoms with Crippen LogP contribution in [0.5, 0.6) is 5.88 Å². The number of aryl methyl sites for hydroxylation is 1. The molecular formula is C23H25N7O3. The number of ether oxygens (including phenoxy) is 1. The lowest BCUT2D eigenvalue weighted by Gasteiger charge is -2.30. The fourth-order valence-corrected chi connectivity index (χ4v) is 3.57. The molecule has 170 valence electrons. The van der Waals surface area contributed by atoms with E-state index in [0.29, 0.717) is 40.1 Å². The van der Waals surface area contributed by atoms with E-state index in [4.69, 9.17) is 9.26 Å². The molecule has 0 saturated carbocycles. The summed E-state index contributed by atoms with van der Waals surface area (Å²) in [5, 5.41) is 17.2. The molecule has 4 aromatic rings. The molecule has 0 N–H and O–H groups in total. The molecule has 1 fully saturated rings. The maximum Gasteiger partial charge on any atom is 0.255 e. The van der Waals surface area contributed by atoms with Gasteiger partial charge in [-0.05, 0) is 37.0 Å². The minimum absolute atomic E-state index is 0.0200. The van der Waals surface area contributed by atoms with Gasteiger partial charge < -0.3 is 14.2 Å². The average molecular weight is 447 g/mol. The molecule has 0 aliphatic carbocycles. The summed E-state index contributed by atoms with van der Waals surface area (Å²) in [5.41, 5.74) is 3.09. The maximum absolute atomic E-state index is 12.3. The molecule has 10 heteroatoms. The van der Waals surface area contributed by atoms with Gasteiger partial charge in [0.2, 0.25) is 11.7 Å². The van der Waals surface area contributed by atoms with Crippen LogP contribution in [0.25, 0.3) is 17.2 Å². The predicted octanol–water partition coefficient (Wildman–Crippen LogP) is 3.21. The number of rotatable bonds is 5. The third kappa shape index (κ3) is 4.04. The van der Waals surface area contributed by atoms with Crippen LogP contribution in [-0.4, -0.2) is 53.8 Å². The number of carbonyl (C=O) groups is 1. The van der Waals surface area contributed by atoms with Gasteiger partial charge in [-0.2, -0.15) is 4.52 Å². The lowest BCUT2D eigenvalue weighted by Crippen LogP contribution is -2.42. The third-order valence-electron chi connectivity index (χ3n) is 5.60. The molecule has 0 atom stereocenters. The van der Waals surface area contributed by atoms with E-state index in [1.54, 1.807) is 22.8 Å². The highest BCUT2D eigenvalue weighted by Crippen LogP contribution is 2.32. The first-order valence-electron chi connectivity index (χ1n) is 10.9. The molecule has 0 bridgehead atoms. The molecule has 1 saturated heterocycles. The van der Waals surface area contributed by atoms with Crippen molar-refractivity contribution in [3.05, 3.63) is 53.0 Å². The van der Waals surface area contributed by atoms with Gasteiger partial charge in [-0.25, -0.2) is 0 Å². The molecule has 4 aromatic heterocycles. The molecular weight excluding hydrogens is 422 g/mol. The smallest absolute Gasteiger partial charge is 0.255 e. The van der Waals surface area contributed by atoms with E-state index in [9.17, 15) is 4.79 Å². The summed E-state index contributed by atoms with van der Waals surface area (Å²) in [4.78, 5) is 18.6. The summed E-state index contributed by atoms with van der Waals surface area (Å²) in [6, 6.07) is 7.31. The molecule has 1 aliphatic heterocycles. The molecule has 0 aromatic carbocycles. The van der Waals surface area contributed by atoms with Crippen molar-refractivity contribution in [2.24, 2.45) is 0 Å². The number of fused-ring (bicyclic) bond motifs is 1. The van der Waals surface area contributed by atoms with E-state index in [1.807, 2.05) is 24.0 Å². The third-order valence-corrected chi connectivity index (χ3v) is 5.60. The minimum Gasteiger partial charge on any atom is -0.470 e. The fourth-order valence-electron chi connectivity index (χ4n) is 3.57. The zero-order valence-electron chi connectivity index (χ0n) is 19.1. The largest absolute Gasteiger partial charge is 0.470 e. The Balaban J connectivity index is 1.43. The zero-order chi connectivity index (χ0) is 23.2. The second-order valence-corrected chi connectivity index (χ2v) is 9.20. The topological polar surface area (TPSA) is 112 Å². The number of carbonyl (C=O) groups excluding carboxylic acids is 1. The SMILES string of the molecule is Cc1cc(-c2nnc3cc(C(C)(C)C)c(OCc4ccc(C(=O)N5CCC5)cn4)nn23)no1. The summed E-state index contributed by atoms with van der Waals surface area (Å²) in [6.07, 6.45) is 2.66. The molecule has 1 amide bonds. The number of likely N-dealkylation sites (tertiary alicyclic amines) is 1. The first kappa shape index (κ1) is 21.0. The van der Waals surface area contributed by atoms with Crippen molar-refractivity contribution in [3.8, 4) is 17.4 Å². The Morgan fingerprint density at radius 1 is 1.18 bits per heavy atom. The standard InChI is InChI=1S/C23H25N7O3/c1-14-10-18(28-33-14)20-26-25-19-11-17(23(2,3)4)21(27-30(19)20)32-13-16-7-6-15(12-24-16)22(31)29-8-5-9-29/h6-7,10-12H,5,8-9,13H2,1-4H3. The fraction of sp³-hybridized carbons (Fsp3) is 0.391. The van der Waals surface area contributed by atoms with Gasteiger partial charge in [0.05, 0.1) is 11.3 Å². The van der Waals surface area contributed by atoms with Gasteiger partial charge >= 0.3 is 0 Å². The van der Waals surface area contributed by atoms with Gasteiger partial charge in [0.25, 0.3) is 5.91 Å². The van der Waals surface area contributed by atoms with Gasteiger partial charge in [-0.15, -0.1) is 15.3 Å². The Kier molecular flexibility index (Phi) is 5.07. The Bertz CT molecular complexity index is 1310. The first-order valence-corrected chi connectivity index (χ1v) is 10.9. The van der Waals surface area contributed by atoms with E-state index in [2.05, 4.69) is 46.2 Å². The number of pyridine rings is 1. The van der Waals surface area contributed by atoms with Gasteiger partial charge in [-0.1, -0.05) is 25.9 Å². The summed E-state index contributed by atoms with van der Waals surface area (Å²) in [5.74, 6) is 1.62. The normalized spacial score (nSPS) is 13.9. The molecule has 0 radical (unpaired) electrons. The summed E-state index contributed by atoms with van der Waals surface area (Å²) < 4.78 is 12.9. The number of hydrogen-bond acceptors (Lipinski definition) is 8. The van der Waals surface area contributed by atoms with Crippen LogP contribution in [0, 0.1) is 6.92 Å². The van der Waals surface area contributed by atoms with Crippen LogP contribution in [0.4, 0.5) is 0 Å². The van der Waals surface area contributed by atoms with Gasteiger partial charge in [0, 0.05) is 30.9 Å². The highest BCUT2D eigenvalue weighted by atomic mass is 16.5. The van der Waals surface area contributed by atoms with Crippen LogP contribution in [0.2, 0.25) is 0 Å². The van der Waals surface area contributed by atoms with E-state index in [1.165, 1.54) is 0 Å². The van der Waals surface area contributed by atoms with Crippen molar-refractivity contribution in [2.75, 3.05) is 13.1 Å². The monoisotopic (exact) mass is 447 g/mol. The molecule has 33 heavy (non-hydrogen) atoms. The lowest BCUT2D eigenvalue weighted by atomic mass is 9.88. The Hall–Kier alpha value is -3.82. The highest BCUT2D eigenvalue weighted by Gasteiger charge is 2.25. The highest BCUT2D eigenvalue weighted by molar-refractivity contribution is 5.94. The van der Waals surface area contributed by atoms with Gasteiger partial charge in [0.1, 0.15) is 12.4 Å². The number of nitrogens with zero attached hydrogens (tertiary/aromatic N) is 7. The summed E-state index contributed by atoms with van der Waals surface area (Å²) in [6.45, 7) is 9.90. The summed E-state index contributed by atoms with van der Waals surface area (Å²) in [7, 11) is 0. The quantitative estimate of drug-likeness (QED) is 0.458. The van der Waals surface area contributed by atoms with Crippen molar-refractivity contribution in [3.63, 3.8) is 0 Å². The second-order valence-electron chi connectivity index (χ2n) is 9.20. The Morgan fingerprint density at radius 2 is 2.00 bits per heavy atom. The molecule has 0 spiro atoms. The summed E-state index contributed by atoms with van der Waals surface area (Å²) >= 11 is 0. The Labute approximate surface area is 190 Å². The van der Waals surface area contributed by atoms with Crippen molar-refractivity contribution in [1.82, 2.24) is 34.9 Å². The van der Waals surface area contributed by atoms with E-state index < -0.39 is 0 Å². The number of hydrogen-bond donors (Lipinski definition) is 0. The van der Waals surface area contributed by atoms with E-state index in [-0.39, 0.29) is 17.9 Å². The van der Waals surface area contributed by atoms with Gasteiger partial charge in [0.15, 0.2) is 11.3 Å². The lowest BCUT2D eigenvalue weighted by molar-refractivity contribution is 0.0651. The van der Waals surface area contributed by atoms with Crippen LogP contribution in [0.1, 0.15) is 54.6 Å². The van der Waals surface area contributed by atoms with Crippen molar-refractivity contribution in [2.45, 2.75) is 46.1 Å². The van der Waals surface area contributed by atoms with E-state index >= 15 is 0 Å². The molecule has 0 unspecified atom stereocenters. The second kappa shape index (κ2) is 7.95. The number of aromatic nitrogens is 6. The van der Waals surface area contributed by atoms with Crippen LogP contribution < -0.4 is 4.74 Å². The maximum atomic E-state index is 12.3. The van der Waals surface area contributed by atoms with Crippen molar-refractivity contribution in [1.29, 1.82) is 0 Å². The van der Waals surface area contributed by atoms with Crippen LogP contribution >= 0.6 is 0 Å². The first-order chi connectivity index (χ1) is 15.8. The van der Waals surface area contributed by atoms with Crippen LogP contribution in [0.3, 0.4) is 0 Å². The molecule has 5 heterocycles. The number of amides is 1. The zero-order valence-corrected chi connectivity index (χ0v) is 19.1. The molecule has 5 rings (SSSR count). The van der Waals surface area contributed by atoms with Crippen molar-refractivity contribution >= 4 is 11.6 Å². The van der Waals surface area contributed by atoms with Crippen LogP contribution in [-0.2, 0) is 12.0 Å². The minimum atomic E-state index is -0.235. The molecule has 10 nitrogen and oxygen atoms in total. The van der Waals surface area contributed by atoms with Crippen LogP contribution in [0.15, 0.2) is 35.0 Å². The van der Waals surface area contributed by atoms with Gasteiger partial charge in [-0.3, -0.25) is 9.78 Å². The Morgan fingerprint density at radius 3 is 2.61 bits per heavy atom. The van der Waals surface area contributed by atoms with E-state index in [0.717, 1.165) is 25.1 Å². The van der Waals surface area contributed by atoms with Crippen molar-refractivity contribution < 1.29 is 14.1 Å². The predicted molar refractivity (Wildman–Crippen MR) is 119 cm³/mol.